The van der Waals surface area contributed by atoms with Crippen molar-refractivity contribution < 1.29 is 23.1 Å². The van der Waals surface area contributed by atoms with Crippen LogP contribution in [0.15, 0.2) is 0 Å². The highest BCUT2D eigenvalue weighted by Crippen LogP contribution is 2.26. The van der Waals surface area contributed by atoms with Gasteiger partial charge in [-0.2, -0.15) is 0 Å². The molecule has 2 heterocycles. The molecular weight excluding hydrogens is 282 g/mol. The average Bonchev–Trinajstić information content (AvgIpc) is 2.93. The molecule has 2 unspecified atom stereocenters. The second-order valence-corrected chi connectivity index (χ2v) is 8.13. The molecule has 0 aromatic heterocycles. The first-order chi connectivity index (χ1) is 9.35. The van der Waals surface area contributed by atoms with Gasteiger partial charge in [0.25, 0.3) is 0 Å². The largest absolute Gasteiger partial charge is 0.481 e. The summed E-state index contributed by atoms with van der Waals surface area (Å²) >= 11 is 0. The number of carbonyl (C=O) groups excluding carboxylic acids is 1. The zero-order valence-corrected chi connectivity index (χ0v) is 12.3. The van der Waals surface area contributed by atoms with Gasteiger partial charge < -0.3 is 10.0 Å². The van der Waals surface area contributed by atoms with Crippen molar-refractivity contribution in [3.63, 3.8) is 0 Å². The summed E-state index contributed by atoms with van der Waals surface area (Å²) in [7, 11) is -2.93. The monoisotopic (exact) mass is 303 g/mol. The molecule has 20 heavy (non-hydrogen) atoms. The van der Waals surface area contributed by atoms with E-state index < -0.39 is 15.8 Å². The number of amides is 1. The van der Waals surface area contributed by atoms with Crippen LogP contribution in [0.25, 0.3) is 0 Å². The van der Waals surface area contributed by atoms with Gasteiger partial charge in [0.2, 0.25) is 5.91 Å². The minimum absolute atomic E-state index is 0.0184. The summed E-state index contributed by atoms with van der Waals surface area (Å²) in [5, 5.41) is 8.65. The first kappa shape index (κ1) is 15.3. The molecule has 0 aromatic rings. The van der Waals surface area contributed by atoms with Crippen molar-refractivity contribution in [1.29, 1.82) is 0 Å². The Kier molecular flexibility index (Phi) is 4.67. The minimum atomic E-state index is -2.93. The van der Waals surface area contributed by atoms with E-state index in [-0.39, 0.29) is 35.7 Å². The molecule has 0 saturated carbocycles. The van der Waals surface area contributed by atoms with Gasteiger partial charge >= 0.3 is 5.97 Å². The molecule has 0 radical (unpaired) electrons. The predicted octanol–water partition coefficient (Wildman–Crippen LogP) is 0.525. The van der Waals surface area contributed by atoms with E-state index in [1.165, 1.54) is 0 Å². The lowest BCUT2D eigenvalue weighted by atomic mass is 10.0. The van der Waals surface area contributed by atoms with Crippen LogP contribution in [0, 0.1) is 11.8 Å². The van der Waals surface area contributed by atoms with Crippen molar-refractivity contribution >= 4 is 21.7 Å². The molecule has 0 aromatic carbocycles. The van der Waals surface area contributed by atoms with Gasteiger partial charge in [0.15, 0.2) is 9.84 Å². The second-order valence-electron chi connectivity index (χ2n) is 5.90. The van der Waals surface area contributed by atoms with Gasteiger partial charge in [-0.25, -0.2) is 8.42 Å². The second kappa shape index (κ2) is 6.11. The number of hydrogen-bond donors (Lipinski definition) is 1. The summed E-state index contributed by atoms with van der Waals surface area (Å²) in [4.78, 5) is 24.4. The number of carboxylic acids is 1. The third-order valence-electron chi connectivity index (χ3n) is 4.20. The Balaban J connectivity index is 1.76. The van der Waals surface area contributed by atoms with Crippen LogP contribution in [0.1, 0.15) is 32.1 Å². The third-order valence-corrected chi connectivity index (χ3v) is 6.03. The molecule has 2 rings (SSSR count). The number of carbonyl (C=O) groups is 2. The van der Waals surface area contributed by atoms with Crippen LogP contribution in [0.2, 0.25) is 0 Å². The topological polar surface area (TPSA) is 91.8 Å². The Morgan fingerprint density at radius 2 is 1.95 bits per heavy atom. The predicted molar refractivity (Wildman–Crippen MR) is 72.9 cm³/mol. The lowest BCUT2D eigenvalue weighted by Crippen LogP contribution is -2.30. The zero-order chi connectivity index (χ0) is 14.8. The maximum Gasteiger partial charge on any atom is 0.303 e. The Morgan fingerprint density at radius 3 is 2.55 bits per heavy atom. The van der Waals surface area contributed by atoms with Crippen LogP contribution in [0.3, 0.4) is 0 Å². The van der Waals surface area contributed by atoms with Crippen LogP contribution in [-0.2, 0) is 19.4 Å². The van der Waals surface area contributed by atoms with Crippen LogP contribution < -0.4 is 0 Å². The quantitative estimate of drug-likeness (QED) is 0.799. The van der Waals surface area contributed by atoms with Crippen molar-refractivity contribution in [1.82, 2.24) is 4.90 Å². The van der Waals surface area contributed by atoms with E-state index in [2.05, 4.69) is 0 Å². The highest BCUT2D eigenvalue weighted by atomic mass is 32.2. The highest BCUT2D eigenvalue weighted by molar-refractivity contribution is 7.91. The van der Waals surface area contributed by atoms with Crippen molar-refractivity contribution in [2.45, 2.75) is 32.1 Å². The van der Waals surface area contributed by atoms with Gasteiger partial charge in [0.1, 0.15) is 0 Å². The Hall–Kier alpha value is -1.11. The zero-order valence-electron chi connectivity index (χ0n) is 11.5. The van der Waals surface area contributed by atoms with Gasteiger partial charge in [-0.05, 0) is 31.1 Å². The highest BCUT2D eigenvalue weighted by Gasteiger charge is 2.32. The van der Waals surface area contributed by atoms with E-state index >= 15 is 0 Å². The van der Waals surface area contributed by atoms with E-state index in [1.807, 2.05) is 0 Å². The minimum Gasteiger partial charge on any atom is -0.481 e. The Morgan fingerprint density at radius 1 is 1.20 bits per heavy atom. The van der Waals surface area contributed by atoms with Crippen molar-refractivity contribution in [2.24, 2.45) is 11.8 Å². The fourth-order valence-electron chi connectivity index (χ4n) is 3.03. The summed E-state index contributed by atoms with van der Waals surface area (Å²) in [5.41, 5.74) is 0. The number of rotatable bonds is 5. The lowest BCUT2D eigenvalue weighted by Gasteiger charge is -2.18. The molecule has 2 aliphatic heterocycles. The van der Waals surface area contributed by atoms with E-state index in [0.29, 0.717) is 32.4 Å². The maximum atomic E-state index is 12.1. The van der Waals surface area contributed by atoms with Gasteiger partial charge in [0, 0.05) is 25.9 Å². The number of aliphatic carboxylic acids is 1. The van der Waals surface area contributed by atoms with Gasteiger partial charge in [-0.15, -0.1) is 0 Å². The molecule has 0 aliphatic carbocycles. The van der Waals surface area contributed by atoms with Crippen LogP contribution in [0.4, 0.5) is 0 Å². The molecule has 114 valence electrons. The molecule has 6 nitrogen and oxygen atoms in total. The Bertz CT molecular complexity index is 487. The molecule has 1 amide bonds. The summed E-state index contributed by atoms with van der Waals surface area (Å²) < 4.78 is 22.7. The molecule has 2 atom stereocenters. The van der Waals surface area contributed by atoms with Crippen LogP contribution in [0.5, 0.6) is 0 Å². The normalized spacial score (nSPS) is 28.7. The average molecular weight is 303 g/mol. The molecule has 0 bridgehead atoms. The fourth-order valence-corrected chi connectivity index (χ4v) is 4.89. The standard InChI is InChI=1S/C13H21NO5S/c15-12(7-11-4-6-20(18,19)9-11)14-5-3-10(8-14)1-2-13(16)17/h10-11H,1-9H2,(H,16,17). The maximum absolute atomic E-state index is 12.1. The van der Waals surface area contributed by atoms with Crippen molar-refractivity contribution in [2.75, 3.05) is 24.6 Å². The fraction of sp³-hybridized carbons (Fsp3) is 0.846. The van der Waals surface area contributed by atoms with Gasteiger partial charge in [-0.3, -0.25) is 9.59 Å². The first-order valence-electron chi connectivity index (χ1n) is 7.06. The number of carboxylic acid groups (broad SMARTS) is 1. The van der Waals surface area contributed by atoms with E-state index in [1.54, 1.807) is 4.90 Å². The number of nitrogens with zero attached hydrogens (tertiary/aromatic N) is 1. The molecule has 2 fully saturated rings. The van der Waals surface area contributed by atoms with Crippen molar-refractivity contribution in [3.05, 3.63) is 0 Å². The molecule has 1 N–H and O–H groups in total. The van der Waals surface area contributed by atoms with Gasteiger partial charge in [0.05, 0.1) is 11.5 Å². The van der Waals surface area contributed by atoms with Crippen LogP contribution in [-0.4, -0.2) is 54.9 Å². The summed E-state index contributed by atoms with van der Waals surface area (Å²) in [6.45, 7) is 1.29. The molecule has 2 aliphatic rings. The molecule has 2 saturated heterocycles. The Labute approximate surface area is 119 Å². The van der Waals surface area contributed by atoms with Crippen molar-refractivity contribution in [3.8, 4) is 0 Å². The summed E-state index contributed by atoms with van der Waals surface area (Å²) in [6, 6.07) is 0. The molecular formula is C13H21NO5S. The summed E-state index contributed by atoms with van der Waals surface area (Å²) in [6.07, 6.45) is 2.50. The third kappa shape index (κ3) is 4.19. The number of sulfone groups is 1. The SMILES string of the molecule is O=C(O)CCC1CCN(C(=O)CC2CCS(=O)(=O)C2)C1. The van der Waals surface area contributed by atoms with E-state index in [9.17, 15) is 18.0 Å². The number of hydrogen-bond acceptors (Lipinski definition) is 4. The van der Waals surface area contributed by atoms with E-state index in [4.69, 9.17) is 5.11 Å². The summed E-state index contributed by atoms with van der Waals surface area (Å²) in [5.74, 6) is -0.218. The van der Waals surface area contributed by atoms with Gasteiger partial charge in [-0.1, -0.05) is 0 Å². The number of likely N-dealkylation sites (tertiary alicyclic amines) is 1. The first-order valence-corrected chi connectivity index (χ1v) is 8.88. The van der Waals surface area contributed by atoms with Crippen LogP contribution >= 0.6 is 0 Å². The lowest BCUT2D eigenvalue weighted by molar-refractivity contribution is -0.137. The smallest absolute Gasteiger partial charge is 0.303 e. The van der Waals surface area contributed by atoms with E-state index in [0.717, 1.165) is 6.42 Å². The molecule has 7 heteroatoms. The molecule has 0 spiro atoms.